The quantitative estimate of drug-likeness (QED) is 0.339. The molecule has 10 heteroatoms. The number of rotatable bonds is 8. The summed E-state index contributed by atoms with van der Waals surface area (Å²) in [5.74, 6) is -0.238. The largest absolute Gasteiger partial charge is 0.452 e. The molecule has 0 saturated carbocycles. The first kappa shape index (κ1) is 20.3. The van der Waals surface area contributed by atoms with Gasteiger partial charge in [0.05, 0.1) is 18.0 Å². The number of hydrogen-bond donors (Lipinski definition) is 1. The lowest BCUT2D eigenvalue weighted by molar-refractivity contribution is -0.150. The van der Waals surface area contributed by atoms with Gasteiger partial charge in [-0.3, -0.25) is 9.59 Å². The fourth-order valence-corrected chi connectivity index (χ4v) is 4.02. The van der Waals surface area contributed by atoms with Crippen molar-refractivity contribution < 1.29 is 14.3 Å². The number of fused-ring (bicyclic) bond motifs is 1. The summed E-state index contributed by atoms with van der Waals surface area (Å²) in [4.78, 5) is 33.8. The van der Waals surface area contributed by atoms with Crippen LogP contribution in [0.15, 0.2) is 35.1 Å². The third-order valence-corrected chi connectivity index (χ3v) is 5.96. The zero-order valence-electron chi connectivity index (χ0n) is 15.8. The fourth-order valence-electron chi connectivity index (χ4n) is 2.46. The number of thioether (sulfide) groups is 1. The van der Waals surface area contributed by atoms with Crippen LogP contribution < -0.4 is 5.32 Å². The van der Waals surface area contributed by atoms with Crippen molar-refractivity contribution in [1.82, 2.24) is 19.7 Å². The SMILES string of the molecule is CC[C@@H](C)n1nccc1NC(=O)[C@@H](C)OC(=O)CSc1ncnc2sccc12. The molecule has 3 rings (SSSR count). The van der Waals surface area contributed by atoms with E-state index in [4.69, 9.17) is 4.74 Å². The Balaban J connectivity index is 1.53. The monoisotopic (exact) mass is 419 g/mol. The van der Waals surface area contributed by atoms with Crippen molar-refractivity contribution in [3.63, 3.8) is 0 Å². The molecule has 1 amide bonds. The minimum absolute atomic E-state index is 0.0599. The number of nitrogens with one attached hydrogen (secondary N) is 1. The summed E-state index contributed by atoms with van der Waals surface area (Å²) >= 11 is 2.78. The first-order chi connectivity index (χ1) is 13.5. The van der Waals surface area contributed by atoms with Gasteiger partial charge in [0.15, 0.2) is 6.10 Å². The maximum absolute atomic E-state index is 12.4. The summed E-state index contributed by atoms with van der Waals surface area (Å²) in [7, 11) is 0. The van der Waals surface area contributed by atoms with E-state index >= 15 is 0 Å². The highest BCUT2D eigenvalue weighted by atomic mass is 32.2. The van der Waals surface area contributed by atoms with Crippen LogP contribution in [0, 0.1) is 0 Å². The minimum atomic E-state index is -0.917. The van der Waals surface area contributed by atoms with Crippen molar-refractivity contribution in [1.29, 1.82) is 0 Å². The lowest BCUT2D eigenvalue weighted by atomic mass is 10.3. The number of hydrogen-bond acceptors (Lipinski definition) is 8. The van der Waals surface area contributed by atoms with Crippen LogP contribution in [0.25, 0.3) is 10.2 Å². The predicted molar refractivity (Wildman–Crippen MR) is 110 cm³/mol. The third-order valence-electron chi connectivity index (χ3n) is 4.16. The van der Waals surface area contributed by atoms with E-state index in [9.17, 15) is 9.59 Å². The molecule has 3 aromatic rings. The van der Waals surface area contributed by atoms with Gasteiger partial charge in [0.1, 0.15) is 22.0 Å². The highest BCUT2D eigenvalue weighted by molar-refractivity contribution is 8.00. The smallest absolute Gasteiger partial charge is 0.317 e. The van der Waals surface area contributed by atoms with Gasteiger partial charge in [0.2, 0.25) is 0 Å². The number of carbonyl (C=O) groups is 2. The topological polar surface area (TPSA) is 99.0 Å². The number of carbonyl (C=O) groups excluding carboxylic acids is 2. The summed E-state index contributed by atoms with van der Waals surface area (Å²) in [6.07, 6.45) is 3.07. The molecule has 8 nitrogen and oxygen atoms in total. The Kier molecular flexibility index (Phi) is 6.63. The third kappa shape index (κ3) is 4.68. The van der Waals surface area contributed by atoms with Crippen molar-refractivity contribution in [2.45, 2.75) is 44.4 Å². The Bertz CT molecular complexity index is 971. The van der Waals surface area contributed by atoms with E-state index in [1.165, 1.54) is 29.4 Å². The van der Waals surface area contributed by atoms with E-state index in [0.29, 0.717) is 5.82 Å². The zero-order chi connectivity index (χ0) is 20.1. The molecule has 3 aromatic heterocycles. The Morgan fingerprint density at radius 1 is 1.32 bits per heavy atom. The lowest BCUT2D eigenvalue weighted by Crippen LogP contribution is -2.31. The molecule has 2 atom stereocenters. The van der Waals surface area contributed by atoms with Crippen LogP contribution in [-0.2, 0) is 14.3 Å². The van der Waals surface area contributed by atoms with Gasteiger partial charge in [0.25, 0.3) is 5.91 Å². The highest BCUT2D eigenvalue weighted by Gasteiger charge is 2.20. The maximum Gasteiger partial charge on any atom is 0.317 e. The van der Waals surface area contributed by atoms with Gasteiger partial charge in [-0.15, -0.1) is 11.3 Å². The van der Waals surface area contributed by atoms with E-state index in [2.05, 4.69) is 20.4 Å². The minimum Gasteiger partial charge on any atom is -0.452 e. The molecule has 28 heavy (non-hydrogen) atoms. The number of ether oxygens (including phenoxy) is 1. The number of esters is 1. The second-order valence-electron chi connectivity index (χ2n) is 6.15. The molecule has 148 valence electrons. The van der Waals surface area contributed by atoms with E-state index in [1.807, 2.05) is 25.3 Å². The normalized spacial score (nSPS) is 13.2. The standard InChI is InChI=1S/C18H21N5O3S2/c1-4-11(2)23-14(5-7-21-23)22-16(25)12(3)26-15(24)9-28-18-13-6-8-27-17(13)19-10-20-18/h5-8,10-12H,4,9H2,1-3H3,(H,22,25)/t11-,12-/m1/s1. The number of amides is 1. The van der Waals surface area contributed by atoms with Gasteiger partial charge >= 0.3 is 5.97 Å². The molecule has 0 unspecified atom stereocenters. The molecule has 0 radical (unpaired) electrons. The summed E-state index contributed by atoms with van der Waals surface area (Å²) in [5, 5.41) is 10.5. The Hall–Kier alpha value is -2.46. The lowest BCUT2D eigenvalue weighted by Gasteiger charge is -2.16. The van der Waals surface area contributed by atoms with E-state index in [0.717, 1.165) is 21.7 Å². The first-order valence-corrected chi connectivity index (χ1v) is 10.7. The molecule has 0 aromatic carbocycles. The van der Waals surface area contributed by atoms with Crippen molar-refractivity contribution >= 4 is 51.0 Å². The Morgan fingerprint density at radius 3 is 2.93 bits per heavy atom. The van der Waals surface area contributed by atoms with Gasteiger partial charge in [-0.1, -0.05) is 18.7 Å². The van der Waals surface area contributed by atoms with Crippen molar-refractivity contribution in [2.24, 2.45) is 0 Å². The summed E-state index contributed by atoms with van der Waals surface area (Å²) < 4.78 is 7.00. The summed E-state index contributed by atoms with van der Waals surface area (Å²) in [6, 6.07) is 3.79. The second-order valence-corrected chi connectivity index (χ2v) is 8.01. The molecule has 0 aliphatic carbocycles. The molecule has 0 aliphatic heterocycles. The number of thiophene rings is 1. The molecule has 3 heterocycles. The van der Waals surface area contributed by atoms with Crippen molar-refractivity contribution in [2.75, 3.05) is 11.1 Å². The predicted octanol–water partition coefficient (Wildman–Crippen LogP) is 3.52. The van der Waals surface area contributed by atoms with E-state index in [1.54, 1.807) is 23.9 Å². The summed E-state index contributed by atoms with van der Waals surface area (Å²) in [5.41, 5.74) is 0. The van der Waals surface area contributed by atoms with Gasteiger partial charge < -0.3 is 10.1 Å². The highest BCUT2D eigenvalue weighted by Crippen LogP contribution is 2.27. The number of aromatic nitrogens is 4. The average Bonchev–Trinajstić information content (AvgIpc) is 3.35. The van der Waals surface area contributed by atoms with E-state index < -0.39 is 18.0 Å². The summed E-state index contributed by atoms with van der Waals surface area (Å²) in [6.45, 7) is 5.60. The first-order valence-electron chi connectivity index (χ1n) is 8.84. The Morgan fingerprint density at radius 2 is 2.14 bits per heavy atom. The van der Waals surface area contributed by atoms with Crippen LogP contribution in [0.2, 0.25) is 0 Å². The van der Waals surface area contributed by atoms with Crippen LogP contribution in [0.1, 0.15) is 33.2 Å². The second kappa shape index (κ2) is 9.16. The molecule has 0 aliphatic rings. The Labute approximate surface area is 170 Å². The van der Waals surface area contributed by atoms with Crippen molar-refractivity contribution in [3.05, 3.63) is 30.0 Å². The van der Waals surface area contributed by atoms with Gasteiger partial charge in [0, 0.05) is 11.5 Å². The molecule has 0 fully saturated rings. The zero-order valence-corrected chi connectivity index (χ0v) is 17.4. The molecular formula is C18H21N5O3S2. The van der Waals surface area contributed by atoms with E-state index in [-0.39, 0.29) is 11.8 Å². The van der Waals surface area contributed by atoms with Crippen LogP contribution in [0.4, 0.5) is 5.82 Å². The molecule has 0 spiro atoms. The van der Waals surface area contributed by atoms with Crippen molar-refractivity contribution in [3.8, 4) is 0 Å². The fraction of sp³-hybridized carbons (Fsp3) is 0.389. The van der Waals surface area contributed by atoms with Crippen LogP contribution in [0.3, 0.4) is 0 Å². The van der Waals surface area contributed by atoms with Gasteiger partial charge in [-0.2, -0.15) is 5.10 Å². The maximum atomic E-state index is 12.4. The number of anilines is 1. The molecule has 1 N–H and O–H groups in total. The van der Waals surface area contributed by atoms with Gasteiger partial charge in [-0.05, 0) is 31.7 Å². The molecule has 0 saturated heterocycles. The van der Waals surface area contributed by atoms with Gasteiger partial charge in [-0.25, -0.2) is 14.6 Å². The molecular weight excluding hydrogens is 398 g/mol. The number of nitrogens with zero attached hydrogens (tertiary/aromatic N) is 4. The average molecular weight is 420 g/mol. The molecule has 0 bridgehead atoms. The van der Waals surface area contributed by atoms with Crippen LogP contribution in [0.5, 0.6) is 0 Å². The van der Waals surface area contributed by atoms with Crippen LogP contribution >= 0.6 is 23.1 Å². The van der Waals surface area contributed by atoms with Crippen LogP contribution in [-0.4, -0.2) is 43.5 Å².